The predicted molar refractivity (Wildman–Crippen MR) is 44.5 cm³/mol. The van der Waals surface area contributed by atoms with Crippen LogP contribution in [0, 0.1) is 0 Å². The molecule has 1 heterocycles. The molecule has 0 aliphatic heterocycles. The maximum atomic E-state index is 8.29. The standard InChI is InChI=1S/C7H10N4O/c8-7(11-12)10-5-6-1-3-9-4-2-6/h1-4,12H,5H2,(H3,8,10,11). The lowest BCUT2D eigenvalue weighted by molar-refractivity contribution is 0.232. The van der Waals surface area contributed by atoms with Crippen LogP contribution in [0.5, 0.6) is 0 Å². The van der Waals surface area contributed by atoms with Gasteiger partial charge in [-0.05, 0) is 17.7 Å². The number of nitrogens with two attached hydrogens (primary N) is 1. The topological polar surface area (TPSA) is 83.5 Å². The van der Waals surface area contributed by atoms with E-state index in [0.29, 0.717) is 6.54 Å². The van der Waals surface area contributed by atoms with Crippen molar-refractivity contribution in [2.45, 2.75) is 6.54 Å². The first-order valence-corrected chi connectivity index (χ1v) is 3.42. The van der Waals surface area contributed by atoms with E-state index in [1.54, 1.807) is 17.9 Å². The molecule has 64 valence electrons. The molecular weight excluding hydrogens is 156 g/mol. The summed E-state index contributed by atoms with van der Waals surface area (Å²) >= 11 is 0. The number of hydroxylamine groups is 1. The number of nitrogens with one attached hydrogen (secondary N) is 1. The van der Waals surface area contributed by atoms with Crippen LogP contribution in [0.3, 0.4) is 0 Å². The molecule has 0 unspecified atom stereocenters. The minimum atomic E-state index is 0.00631. The Morgan fingerprint density at radius 3 is 2.83 bits per heavy atom. The molecule has 0 saturated heterocycles. The second-order valence-electron chi connectivity index (χ2n) is 2.17. The smallest absolute Gasteiger partial charge is 0.213 e. The molecule has 5 nitrogen and oxygen atoms in total. The lowest BCUT2D eigenvalue weighted by Gasteiger charge is -1.97. The van der Waals surface area contributed by atoms with Crippen molar-refractivity contribution in [3.8, 4) is 0 Å². The fourth-order valence-electron chi connectivity index (χ4n) is 0.700. The van der Waals surface area contributed by atoms with Gasteiger partial charge >= 0.3 is 0 Å². The summed E-state index contributed by atoms with van der Waals surface area (Å²) in [5, 5.41) is 8.29. The molecule has 0 spiro atoms. The Labute approximate surface area is 69.9 Å². The third kappa shape index (κ3) is 2.55. The van der Waals surface area contributed by atoms with Gasteiger partial charge in [-0.15, -0.1) is 0 Å². The van der Waals surface area contributed by atoms with Gasteiger partial charge in [0.05, 0.1) is 6.54 Å². The van der Waals surface area contributed by atoms with Crippen LogP contribution in [0.2, 0.25) is 0 Å². The summed E-state index contributed by atoms with van der Waals surface area (Å²) in [6.07, 6.45) is 3.35. The molecule has 1 rings (SSSR count). The Hall–Kier alpha value is -1.62. The van der Waals surface area contributed by atoms with E-state index in [1.807, 2.05) is 12.1 Å². The first kappa shape index (κ1) is 8.48. The van der Waals surface area contributed by atoms with E-state index < -0.39 is 0 Å². The number of nitrogens with zero attached hydrogens (tertiary/aromatic N) is 2. The first-order valence-electron chi connectivity index (χ1n) is 3.42. The molecule has 5 heteroatoms. The molecule has 0 bridgehead atoms. The fraction of sp³-hybridized carbons (Fsp3) is 0.143. The molecule has 0 saturated carbocycles. The zero-order valence-corrected chi connectivity index (χ0v) is 6.44. The zero-order chi connectivity index (χ0) is 8.81. The van der Waals surface area contributed by atoms with E-state index in [2.05, 4.69) is 9.98 Å². The Balaban J connectivity index is 2.54. The van der Waals surface area contributed by atoms with E-state index >= 15 is 0 Å². The molecular formula is C7H10N4O. The summed E-state index contributed by atoms with van der Waals surface area (Å²) in [6.45, 7) is 0.432. The number of hydrogen-bond acceptors (Lipinski definition) is 3. The number of aliphatic imine (C=N–C) groups is 1. The van der Waals surface area contributed by atoms with Crippen molar-refractivity contribution in [2.75, 3.05) is 0 Å². The Bertz CT molecular complexity index is 259. The second-order valence-corrected chi connectivity index (χ2v) is 2.17. The maximum absolute atomic E-state index is 8.29. The van der Waals surface area contributed by atoms with Gasteiger partial charge < -0.3 is 5.73 Å². The highest BCUT2D eigenvalue weighted by Crippen LogP contribution is 1.97. The summed E-state index contributed by atoms with van der Waals surface area (Å²) in [6, 6.07) is 3.66. The lowest BCUT2D eigenvalue weighted by atomic mass is 10.3. The first-order chi connectivity index (χ1) is 5.83. The van der Waals surface area contributed by atoms with Gasteiger partial charge in [0.15, 0.2) is 0 Å². The van der Waals surface area contributed by atoms with Crippen molar-refractivity contribution < 1.29 is 5.21 Å². The molecule has 0 atom stereocenters. The Morgan fingerprint density at radius 1 is 1.58 bits per heavy atom. The van der Waals surface area contributed by atoms with Crippen LogP contribution in [-0.4, -0.2) is 16.2 Å². The van der Waals surface area contributed by atoms with Crippen LogP contribution in [0.1, 0.15) is 5.56 Å². The van der Waals surface area contributed by atoms with Crippen LogP contribution in [0.15, 0.2) is 29.5 Å². The number of rotatable bonds is 2. The fourth-order valence-corrected chi connectivity index (χ4v) is 0.700. The van der Waals surface area contributed by atoms with E-state index in [0.717, 1.165) is 5.56 Å². The minimum absolute atomic E-state index is 0.00631. The maximum Gasteiger partial charge on any atom is 0.213 e. The van der Waals surface area contributed by atoms with Crippen molar-refractivity contribution >= 4 is 5.96 Å². The number of hydrogen-bond donors (Lipinski definition) is 3. The number of guanidine groups is 1. The van der Waals surface area contributed by atoms with Gasteiger partial charge in [0, 0.05) is 12.4 Å². The van der Waals surface area contributed by atoms with E-state index in [-0.39, 0.29) is 5.96 Å². The zero-order valence-electron chi connectivity index (χ0n) is 6.44. The number of aromatic nitrogens is 1. The minimum Gasteiger partial charge on any atom is -0.368 e. The lowest BCUT2D eigenvalue weighted by Crippen LogP contribution is -2.28. The summed E-state index contributed by atoms with van der Waals surface area (Å²) in [7, 11) is 0. The van der Waals surface area contributed by atoms with Crippen molar-refractivity contribution in [2.24, 2.45) is 10.7 Å². The molecule has 0 aliphatic rings. The molecule has 12 heavy (non-hydrogen) atoms. The summed E-state index contributed by atoms with van der Waals surface area (Å²) < 4.78 is 0. The monoisotopic (exact) mass is 166 g/mol. The van der Waals surface area contributed by atoms with E-state index in [9.17, 15) is 0 Å². The van der Waals surface area contributed by atoms with Crippen LogP contribution < -0.4 is 11.2 Å². The van der Waals surface area contributed by atoms with Crippen molar-refractivity contribution in [1.29, 1.82) is 0 Å². The normalized spacial score (nSPS) is 11.2. The molecule has 1 aromatic rings. The predicted octanol–water partition coefficient (Wildman–Crippen LogP) is -0.125. The highest BCUT2D eigenvalue weighted by Gasteiger charge is 1.89. The van der Waals surface area contributed by atoms with Crippen LogP contribution in [0.4, 0.5) is 0 Å². The number of pyridine rings is 1. The van der Waals surface area contributed by atoms with Gasteiger partial charge in [-0.2, -0.15) is 0 Å². The molecule has 0 aromatic carbocycles. The van der Waals surface area contributed by atoms with Gasteiger partial charge in [0.2, 0.25) is 5.96 Å². The third-order valence-corrected chi connectivity index (χ3v) is 1.30. The molecule has 0 amide bonds. The van der Waals surface area contributed by atoms with Crippen LogP contribution in [0.25, 0.3) is 0 Å². The quantitative estimate of drug-likeness (QED) is 0.325. The second kappa shape index (κ2) is 4.30. The molecule has 0 radical (unpaired) electrons. The van der Waals surface area contributed by atoms with Gasteiger partial charge in [-0.25, -0.2) is 10.5 Å². The average molecular weight is 166 g/mol. The molecule has 1 aromatic heterocycles. The van der Waals surface area contributed by atoms with Gasteiger partial charge in [0.1, 0.15) is 0 Å². The van der Waals surface area contributed by atoms with Gasteiger partial charge in [-0.1, -0.05) is 0 Å². The summed E-state index contributed by atoms with van der Waals surface area (Å²) in [5.41, 5.74) is 7.93. The van der Waals surface area contributed by atoms with Crippen molar-refractivity contribution in [1.82, 2.24) is 10.5 Å². The molecule has 0 aliphatic carbocycles. The average Bonchev–Trinajstić information content (AvgIpc) is 2.16. The van der Waals surface area contributed by atoms with Gasteiger partial charge in [-0.3, -0.25) is 10.2 Å². The van der Waals surface area contributed by atoms with Crippen molar-refractivity contribution in [3.05, 3.63) is 30.1 Å². The SMILES string of the molecule is NC(=NCc1ccncc1)NO. The van der Waals surface area contributed by atoms with Crippen LogP contribution >= 0.6 is 0 Å². The van der Waals surface area contributed by atoms with E-state index in [4.69, 9.17) is 10.9 Å². The highest BCUT2D eigenvalue weighted by atomic mass is 16.5. The third-order valence-electron chi connectivity index (χ3n) is 1.30. The summed E-state index contributed by atoms with van der Waals surface area (Å²) in [4.78, 5) is 7.67. The van der Waals surface area contributed by atoms with Gasteiger partial charge in [0.25, 0.3) is 0 Å². The summed E-state index contributed by atoms with van der Waals surface area (Å²) in [5.74, 6) is 0.00631. The largest absolute Gasteiger partial charge is 0.368 e. The van der Waals surface area contributed by atoms with E-state index in [1.165, 1.54) is 0 Å². The molecule has 0 fully saturated rings. The van der Waals surface area contributed by atoms with Crippen molar-refractivity contribution in [3.63, 3.8) is 0 Å². The Kier molecular flexibility index (Phi) is 3.04. The molecule has 4 N–H and O–H groups in total. The Morgan fingerprint density at radius 2 is 2.25 bits per heavy atom. The highest BCUT2D eigenvalue weighted by molar-refractivity contribution is 5.76. The van der Waals surface area contributed by atoms with Crippen LogP contribution in [-0.2, 0) is 6.54 Å².